The molecule has 0 spiro atoms. The molecule has 0 bridgehead atoms. The van der Waals surface area contributed by atoms with Gasteiger partial charge in [0.25, 0.3) is 5.91 Å². The van der Waals surface area contributed by atoms with Gasteiger partial charge >= 0.3 is 0 Å². The standard InChI is InChI=1S/C20H24N2O4S/c1-14-5-4-6-15(2)19(14)21-20(23)17-7-9-18(10-8-17)27(24,25)22-11-12-26-16(3)13-22/h4-10,16H,11-13H2,1-3H3,(H,21,23). The number of amides is 1. The number of sulfonamides is 1. The predicted molar refractivity (Wildman–Crippen MR) is 104 cm³/mol. The zero-order valence-electron chi connectivity index (χ0n) is 15.7. The fourth-order valence-electron chi connectivity index (χ4n) is 3.13. The van der Waals surface area contributed by atoms with Crippen molar-refractivity contribution in [3.63, 3.8) is 0 Å². The summed E-state index contributed by atoms with van der Waals surface area (Å²) in [5.74, 6) is -0.267. The maximum atomic E-state index is 12.8. The van der Waals surface area contributed by atoms with Crippen molar-refractivity contribution in [3.05, 3.63) is 59.2 Å². The SMILES string of the molecule is Cc1cccc(C)c1NC(=O)c1ccc(S(=O)(=O)N2CCOC(C)C2)cc1. The Balaban J connectivity index is 1.77. The largest absolute Gasteiger partial charge is 0.376 e. The van der Waals surface area contributed by atoms with Gasteiger partial charge in [-0.1, -0.05) is 18.2 Å². The average Bonchev–Trinajstić information content (AvgIpc) is 2.65. The molecule has 1 amide bonds. The molecule has 1 heterocycles. The van der Waals surface area contributed by atoms with Crippen LogP contribution in [0.2, 0.25) is 0 Å². The first-order valence-electron chi connectivity index (χ1n) is 8.88. The first-order chi connectivity index (χ1) is 12.8. The van der Waals surface area contributed by atoms with Gasteiger partial charge in [0, 0.05) is 24.3 Å². The maximum Gasteiger partial charge on any atom is 0.255 e. The fourth-order valence-corrected chi connectivity index (χ4v) is 4.63. The van der Waals surface area contributed by atoms with E-state index in [9.17, 15) is 13.2 Å². The summed E-state index contributed by atoms with van der Waals surface area (Å²) in [6.45, 7) is 6.77. The second kappa shape index (κ2) is 7.80. The van der Waals surface area contributed by atoms with Crippen LogP contribution < -0.4 is 5.32 Å². The van der Waals surface area contributed by atoms with Gasteiger partial charge in [0.1, 0.15) is 0 Å². The monoisotopic (exact) mass is 388 g/mol. The predicted octanol–water partition coefficient (Wildman–Crippen LogP) is 2.97. The number of benzene rings is 2. The lowest BCUT2D eigenvalue weighted by Gasteiger charge is -2.30. The summed E-state index contributed by atoms with van der Waals surface area (Å²) >= 11 is 0. The van der Waals surface area contributed by atoms with Gasteiger partial charge in [-0.15, -0.1) is 0 Å². The van der Waals surface area contributed by atoms with Crippen LogP contribution >= 0.6 is 0 Å². The first kappa shape index (κ1) is 19.5. The lowest BCUT2D eigenvalue weighted by atomic mass is 10.1. The highest BCUT2D eigenvalue weighted by molar-refractivity contribution is 7.89. The molecule has 1 saturated heterocycles. The number of hydrogen-bond donors (Lipinski definition) is 1. The van der Waals surface area contributed by atoms with Gasteiger partial charge in [0.05, 0.1) is 17.6 Å². The molecule has 2 aromatic rings. The lowest BCUT2D eigenvalue weighted by molar-refractivity contribution is 0.0102. The number of aryl methyl sites for hydroxylation is 2. The minimum Gasteiger partial charge on any atom is -0.376 e. The van der Waals surface area contributed by atoms with Crippen molar-refractivity contribution in [2.45, 2.75) is 31.8 Å². The molecule has 0 radical (unpaired) electrons. The van der Waals surface area contributed by atoms with Gasteiger partial charge in [-0.2, -0.15) is 4.31 Å². The number of morpholine rings is 1. The van der Waals surface area contributed by atoms with E-state index in [0.29, 0.717) is 25.3 Å². The van der Waals surface area contributed by atoms with E-state index < -0.39 is 10.0 Å². The molecule has 2 aromatic carbocycles. The molecule has 6 nitrogen and oxygen atoms in total. The molecule has 0 aliphatic carbocycles. The van der Waals surface area contributed by atoms with E-state index >= 15 is 0 Å². The molecule has 0 aromatic heterocycles. The molecule has 1 fully saturated rings. The van der Waals surface area contributed by atoms with Gasteiger partial charge in [-0.05, 0) is 56.2 Å². The van der Waals surface area contributed by atoms with Crippen molar-refractivity contribution in [1.82, 2.24) is 4.31 Å². The Morgan fingerprint density at radius 2 is 1.74 bits per heavy atom. The normalized spacial score (nSPS) is 18.3. The van der Waals surface area contributed by atoms with E-state index in [0.717, 1.165) is 16.8 Å². The van der Waals surface area contributed by atoms with Crippen LogP contribution in [0.15, 0.2) is 47.4 Å². The average molecular weight is 388 g/mol. The second-order valence-electron chi connectivity index (χ2n) is 6.79. The molecule has 144 valence electrons. The zero-order valence-corrected chi connectivity index (χ0v) is 16.5. The summed E-state index contributed by atoms with van der Waals surface area (Å²) in [5, 5.41) is 2.91. The summed E-state index contributed by atoms with van der Waals surface area (Å²) < 4.78 is 32.4. The van der Waals surface area contributed by atoms with Crippen molar-refractivity contribution in [1.29, 1.82) is 0 Å². The Hall–Kier alpha value is -2.22. The minimum absolute atomic E-state index is 0.129. The van der Waals surface area contributed by atoms with Gasteiger partial charge < -0.3 is 10.1 Å². The third-order valence-electron chi connectivity index (χ3n) is 4.68. The number of anilines is 1. The first-order valence-corrected chi connectivity index (χ1v) is 10.3. The van der Waals surface area contributed by atoms with Crippen LogP contribution in [-0.2, 0) is 14.8 Å². The maximum absolute atomic E-state index is 12.8. The van der Waals surface area contributed by atoms with Crippen LogP contribution in [0.25, 0.3) is 0 Å². The number of nitrogens with one attached hydrogen (secondary N) is 1. The second-order valence-corrected chi connectivity index (χ2v) is 8.73. The summed E-state index contributed by atoms with van der Waals surface area (Å²) in [6, 6.07) is 11.8. The van der Waals surface area contributed by atoms with Gasteiger partial charge in [0.2, 0.25) is 10.0 Å². The fraction of sp³-hybridized carbons (Fsp3) is 0.350. The molecule has 1 atom stereocenters. The van der Waals surface area contributed by atoms with E-state index in [1.165, 1.54) is 16.4 Å². The van der Waals surface area contributed by atoms with Crippen LogP contribution in [0.5, 0.6) is 0 Å². The lowest BCUT2D eigenvalue weighted by Crippen LogP contribution is -2.44. The molecule has 3 rings (SSSR count). The van der Waals surface area contributed by atoms with Crippen LogP contribution in [-0.4, -0.2) is 44.4 Å². The van der Waals surface area contributed by atoms with E-state index in [1.54, 1.807) is 12.1 Å². The summed E-state index contributed by atoms with van der Waals surface area (Å²) in [4.78, 5) is 12.7. The number of ether oxygens (including phenoxy) is 1. The van der Waals surface area contributed by atoms with E-state index in [-0.39, 0.29) is 16.9 Å². The van der Waals surface area contributed by atoms with Crippen LogP contribution in [0, 0.1) is 13.8 Å². The summed E-state index contributed by atoms with van der Waals surface area (Å²) in [7, 11) is -3.59. The number of rotatable bonds is 4. The van der Waals surface area contributed by atoms with Crippen molar-refractivity contribution in [2.75, 3.05) is 25.0 Å². The van der Waals surface area contributed by atoms with Crippen molar-refractivity contribution in [2.24, 2.45) is 0 Å². The third kappa shape index (κ3) is 4.21. The molecule has 1 aliphatic heterocycles. The Labute approximate surface area is 160 Å². The Morgan fingerprint density at radius 3 is 2.33 bits per heavy atom. The quantitative estimate of drug-likeness (QED) is 0.874. The highest BCUT2D eigenvalue weighted by atomic mass is 32.2. The highest BCUT2D eigenvalue weighted by Crippen LogP contribution is 2.22. The molecular weight excluding hydrogens is 364 g/mol. The van der Waals surface area contributed by atoms with Crippen LogP contribution in [0.1, 0.15) is 28.4 Å². The zero-order chi connectivity index (χ0) is 19.6. The Morgan fingerprint density at radius 1 is 1.11 bits per heavy atom. The number of nitrogens with zero attached hydrogens (tertiary/aromatic N) is 1. The number of para-hydroxylation sites is 1. The molecule has 0 saturated carbocycles. The number of carbonyl (C=O) groups excluding carboxylic acids is 1. The number of carbonyl (C=O) groups is 1. The van der Waals surface area contributed by atoms with Crippen LogP contribution in [0.3, 0.4) is 0 Å². The molecule has 1 N–H and O–H groups in total. The topological polar surface area (TPSA) is 75.7 Å². The minimum atomic E-state index is -3.59. The molecule has 27 heavy (non-hydrogen) atoms. The van der Waals surface area contributed by atoms with Crippen molar-refractivity contribution >= 4 is 21.6 Å². The molecule has 1 unspecified atom stereocenters. The van der Waals surface area contributed by atoms with Crippen molar-refractivity contribution in [3.8, 4) is 0 Å². The molecule has 1 aliphatic rings. The van der Waals surface area contributed by atoms with E-state index in [2.05, 4.69) is 5.32 Å². The Bertz CT molecular complexity index is 919. The van der Waals surface area contributed by atoms with E-state index in [4.69, 9.17) is 4.74 Å². The summed E-state index contributed by atoms with van der Waals surface area (Å²) in [6.07, 6.45) is -0.129. The van der Waals surface area contributed by atoms with E-state index in [1.807, 2.05) is 39.0 Å². The Kier molecular flexibility index (Phi) is 5.64. The van der Waals surface area contributed by atoms with Gasteiger partial charge in [-0.3, -0.25) is 4.79 Å². The highest BCUT2D eigenvalue weighted by Gasteiger charge is 2.29. The third-order valence-corrected chi connectivity index (χ3v) is 6.56. The van der Waals surface area contributed by atoms with Crippen molar-refractivity contribution < 1.29 is 17.9 Å². The summed E-state index contributed by atoms with van der Waals surface area (Å²) in [5.41, 5.74) is 3.14. The van der Waals surface area contributed by atoms with Crippen LogP contribution in [0.4, 0.5) is 5.69 Å². The van der Waals surface area contributed by atoms with Gasteiger partial charge in [-0.25, -0.2) is 8.42 Å². The molecule has 7 heteroatoms. The smallest absolute Gasteiger partial charge is 0.255 e. The molecular formula is C20H24N2O4S. The van der Waals surface area contributed by atoms with Gasteiger partial charge in [0.15, 0.2) is 0 Å². The number of hydrogen-bond acceptors (Lipinski definition) is 4.